The van der Waals surface area contributed by atoms with Gasteiger partial charge in [-0.05, 0) is 0 Å². The van der Waals surface area contributed by atoms with Gasteiger partial charge in [-0.3, -0.25) is 0 Å². The molecule has 0 aliphatic rings. The molecule has 0 atom stereocenters. The van der Waals surface area contributed by atoms with Crippen LogP contribution in [0.15, 0.2) is 0 Å². The maximum Gasteiger partial charge on any atom is 0.342 e. The molecule has 0 aromatic heterocycles. The average molecular weight is 341 g/mol. The highest BCUT2D eigenvalue weighted by atomic mass is 79.9. The van der Waals surface area contributed by atoms with Gasteiger partial charge in [0.1, 0.15) is 0 Å². The standard InChI is InChI=1S/C3HBr3O4/c4-1(2(7)9-5)3(8)10-6/h1H. The fourth-order valence-corrected chi connectivity index (χ4v) is 1.24. The summed E-state index contributed by atoms with van der Waals surface area (Å²) in [5.74, 6) is -1.55. The molecule has 0 rings (SSSR count). The van der Waals surface area contributed by atoms with Crippen molar-refractivity contribution in [2.75, 3.05) is 0 Å². The van der Waals surface area contributed by atoms with Crippen LogP contribution in [0.3, 0.4) is 0 Å². The summed E-state index contributed by atoms with van der Waals surface area (Å²) in [6.07, 6.45) is 0. The Balaban J connectivity index is 3.94. The van der Waals surface area contributed by atoms with Crippen molar-refractivity contribution in [3.8, 4) is 0 Å². The van der Waals surface area contributed by atoms with Crippen LogP contribution in [0.5, 0.6) is 0 Å². The molecule has 0 aromatic carbocycles. The van der Waals surface area contributed by atoms with Gasteiger partial charge in [0.15, 0.2) is 32.5 Å². The largest absolute Gasteiger partial charge is 0.382 e. The monoisotopic (exact) mass is 338 g/mol. The number of alkyl halides is 1. The van der Waals surface area contributed by atoms with Crippen molar-refractivity contribution in [3.05, 3.63) is 0 Å². The molecule has 7 heteroatoms. The van der Waals surface area contributed by atoms with Gasteiger partial charge in [-0.1, -0.05) is 15.9 Å². The molecular weight excluding hydrogens is 340 g/mol. The van der Waals surface area contributed by atoms with Crippen LogP contribution in [-0.2, 0) is 17.2 Å². The van der Waals surface area contributed by atoms with Crippen LogP contribution < -0.4 is 0 Å². The molecule has 0 aliphatic heterocycles. The van der Waals surface area contributed by atoms with Gasteiger partial charge >= 0.3 is 11.9 Å². The number of carbonyl (C=O) groups excluding carboxylic acids is 2. The van der Waals surface area contributed by atoms with Crippen LogP contribution in [0.4, 0.5) is 0 Å². The lowest BCUT2D eigenvalue weighted by molar-refractivity contribution is -0.140. The van der Waals surface area contributed by atoms with Crippen molar-refractivity contribution < 1.29 is 17.2 Å². The van der Waals surface area contributed by atoms with Crippen LogP contribution in [-0.4, -0.2) is 16.8 Å². The van der Waals surface area contributed by atoms with Crippen molar-refractivity contribution in [1.29, 1.82) is 0 Å². The molecule has 10 heavy (non-hydrogen) atoms. The Morgan fingerprint density at radius 1 is 1.10 bits per heavy atom. The molecule has 0 amide bonds. The van der Waals surface area contributed by atoms with E-state index in [1.165, 1.54) is 0 Å². The third-order valence-corrected chi connectivity index (χ3v) is 1.95. The molecule has 0 bridgehead atoms. The minimum absolute atomic E-state index is 0.774. The summed E-state index contributed by atoms with van der Waals surface area (Å²) in [5, 5.41) is 0. The van der Waals surface area contributed by atoms with E-state index in [9.17, 15) is 9.59 Å². The summed E-state index contributed by atoms with van der Waals surface area (Å²) in [7, 11) is 0. The van der Waals surface area contributed by atoms with E-state index in [1.807, 2.05) is 0 Å². The van der Waals surface area contributed by atoms with Gasteiger partial charge in [-0.25, -0.2) is 9.59 Å². The van der Waals surface area contributed by atoms with E-state index in [4.69, 9.17) is 0 Å². The van der Waals surface area contributed by atoms with Gasteiger partial charge in [-0.15, -0.1) is 0 Å². The van der Waals surface area contributed by atoms with Crippen LogP contribution in [0.1, 0.15) is 0 Å². The average Bonchev–Trinajstić information content (AvgIpc) is 2.00. The minimum atomic E-state index is -1.11. The molecule has 0 saturated carbocycles. The van der Waals surface area contributed by atoms with Gasteiger partial charge in [0, 0.05) is 0 Å². The van der Waals surface area contributed by atoms with Crippen molar-refractivity contribution in [3.63, 3.8) is 0 Å². The van der Waals surface area contributed by atoms with E-state index in [0.717, 1.165) is 0 Å². The molecule has 0 heterocycles. The quantitative estimate of drug-likeness (QED) is 0.564. The third kappa shape index (κ3) is 2.98. The van der Waals surface area contributed by atoms with Gasteiger partial charge in [-0.2, -0.15) is 0 Å². The second-order valence-corrected chi connectivity index (χ2v) is 2.72. The first-order valence-corrected chi connectivity index (χ1v) is 4.13. The molecule has 0 aliphatic carbocycles. The minimum Gasteiger partial charge on any atom is -0.382 e. The van der Waals surface area contributed by atoms with E-state index in [0.29, 0.717) is 0 Å². The van der Waals surface area contributed by atoms with Gasteiger partial charge in [0.25, 0.3) is 0 Å². The number of halogens is 3. The lowest BCUT2D eigenvalue weighted by Gasteiger charge is -1.99. The highest BCUT2D eigenvalue weighted by Gasteiger charge is 2.26. The number of hydrogen-bond acceptors (Lipinski definition) is 4. The summed E-state index contributed by atoms with van der Waals surface area (Å²) in [5.41, 5.74) is 0. The first kappa shape index (κ1) is 10.4. The maximum atomic E-state index is 10.5. The lowest BCUT2D eigenvalue weighted by atomic mass is 10.4. The number of hydrogen-bond donors (Lipinski definition) is 0. The summed E-state index contributed by atoms with van der Waals surface area (Å²) >= 11 is 7.54. The molecule has 0 N–H and O–H groups in total. The van der Waals surface area contributed by atoms with E-state index in [2.05, 4.69) is 56.1 Å². The normalized spacial score (nSPS) is 9.20. The highest BCUT2D eigenvalue weighted by Crippen LogP contribution is 2.08. The van der Waals surface area contributed by atoms with E-state index in [-0.39, 0.29) is 0 Å². The zero-order valence-electron chi connectivity index (χ0n) is 4.34. The zero-order valence-corrected chi connectivity index (χ0v) is 9.10. The molecule has 0 radical (unpaired) electrons. The Kier molecular flexibility index (Phi) is 5.28. The van der Waals surface area contributed by atoms with Gasteiger partial charge in [0.2, 0.25) is 4.83 Å². The number of carbonyl (C=O) groups is 2. The topological polar surface area (TPSA) is 52.6 Å². The van der Waals surface area contributed by atoms with Crippen LogP contribution >= 0.6 is 48.4 Å². The summed E-state index contributed by atoms with van der Waals surface area (Å²) in [6.45, 7) is 0. The molecule has 0 aromatic rings. The second kappa shape index (κ2) is 5.09. The summed E-state index contributed by atoms with van der Waals surface area (Å²) < 4.78 is 8.08. The lowest BCUT2D eigenvalue weighted by Crippen LogP contribution is -2.23. The maximum absolute atomic E-state index is 10.5. The predicted molar refractivity (Wildman–Crippen MR) is 42.8 cm³/mol. The Bertz CT molecular complexity index is 131. The van der Waals surface area contributed by atoms with E-state index < -0.39 is 16.8 Å². The first-order chi connectivity index (χ1) is 4.63. The highest BCUT2D eigenvalue weighted by molar-refractivity contribution is 9.10. The van der Waals surface area contributed by atoms with Gasteiger partial charge in [0.05, 0.1) is 0 Å². The van der Waals surface area contributed by atoms with Crippen LogP contribution in [0, 0.1) is 0 Å². The molecular formula is C3HBr3O4. The van der Waals surface area contributed by atoms with Crippen molar-refractivity contribution in [2.45, 2.75) is 4.83 Å². The SMILES string of the molecule is O=C(OBr)C(Br)C(=O)OBr. The predicted octanol–water partition coefficient (Wildman–Crippen LogP) is 1.46. The fourth-order valence-electron chi connectivity index (χ4n) is 0.174. The van der Waals surface area contributed by atoms with Gasteiger partial charge < -0.3 is 7.66 Å². The molecule has 4 nitrogen and oxygen atoms in total. The Morgan fingerprint density at radius 2 is 1.40 bits per heavy atom. The smallest absolute Gasteiger partial charge is 0.342 e. The summed E-state index contributed by atoms with van der Waals surface area (Å²) in [6, 6.07) is 0. The Morgan fingerprint density at radius 3 is 1.60 bits per heavy atom. The second-order valence-electron chi connectivity index (χ2n) is 1.15. The molecule has 0 spiro atoms. The Labute approximate surface area is 82.3 Å². The van der Waals surface area contributed by atoms with Crippen LogP contribution in [0.2, 0.25) is 0 Å². The first-order valence-electron chi connectivity index (χ1n) is 1.92. The molecule has 0 saturated heterocycles. The number of rotatable bonds is 2. The molecule has 0 fully saturated rings. The van der Waals surface area contributed by atoms with E-state index in [1.54, 1.807) is 0 Å². The fraction of sp³-hybridized carbons (Fsp3) is 0.333. The van der Waals surface area contributed by atoms with Crippen molar-refractivity contribution in [2.24, 2.45) is 0 Å². The molecule has 0 unspecified atom stereocenters. The summed E-state index contributed by atoms with van der Waals surface area (Å²) in [4.78, 5) is 19.8. The molecule has 58 valence electrons. The van der Waals surface area contributed by atoms with Crippen molar-refractivity contribution in [1.82, 2.24) is 0 Å². The Hall–Kier alpha value is 0.380. The van der Waals surface area contributed by atoms with Crippen molar-refractivity contribution >= 4 is 60.4 Å². The zero-order chi connectivity index (χ0) is 8.15. The van der Waals surface area contributed by atoms with Crippen LogP contribution in [0.25, 0.3) is 0 Å². The third-order valence-electron chi connectivity index (χ3n) is 0.566. The van der Waals surface area contributed by atoms with E-state index >= 15 is 0 Å².